The second kappa shape index (κ2) is 7.52. The topological polar surface area (TPSA) is 39.1 Å². The van der Waals surface area contributed by atoms with E-state index in [-0.39, 0.29) is 6.04 Å². The fourth-order valence-electron chi connectivity index (χ4n) is 2.32. The summed E-state index contributed by atoms with van der Waals surface area (Å²) in [5.41, 5.74) is 2.40. The van der Waals surface area contributed by atoms with E-state index in [9.17, 15) is 0 Å². The fourth-order valence-corrected chi connectivity index (χ4v) is 3.45. The first-order valence-electron chi connectivity index (χ1n) is 7.16. The normalized spacial score (nSPS) is 12.4. The maximum atomic E-state index is 5.45. The van der Waals surface area contributed by atoms with Crippen molar-refractivity contribution in [2.45, 2.75) is 31.3 Å². The van der Waals surface area contributed by atoms with Gasteiger partial charge < -0.3 is 10.1 Å². The third-order valence-electron chi connectivity index (χ3n) is 3.45. The van der Waals surface area contributed by atoms with Crippen LogP contribution in [0.4, 0.5) is 0 Å². The van der Waals surface area contributed by atoms with Crippen molar-refractivity contribution in [1.29, 1.82) is 0 Å². The van der Waals surface area contributed by atoms with Gasteiger partial charge in [-0.2, -0.15) is 5.10 Å². The van der Waals surface area contributed by atoms with Gasteiger partial charge in [-0.25, -0.2) is 0 Å². The smallest absolute Gasteiger partial charge is 0.161 e. The lowest BCUT2D eigenvalue weighted by Crippen LogP contribution is -2.23. The molecule has 0 amide bonds. The molecule has 0 saturated carbocycles. The standard InChI is InChI=1S/C16H23N3OS/c1-5-19-16(15(20-4)10-18-19)14(17-3)11-21-13-8-6-7-12(2)9-13/h6-10,14,17H,5,11H2,1-4H3. The highest BCUT2D eigenvalue weighted by Crippen LogP contribution is 2.30. The molecular weight excluding hydrogens is 282 g/mol. The van der Waals surface area contributed by atoms with Gasteiger partial charge in [0.15, 0.2) is 5.75 Å². The van der Waals surface area contributed by atoms with Crippen molar-refractivity contribution in [3.8, 4) is 5.75 Å². The molecule has 1 atom stereocenters. The number of aromatic nitrogens is 2. The van der Waals surface area contributed by atoms with E-state index in [2.05, 4.69) is 48.5 Å². The van der Waals surface area contributed by atoms with Crippen LogP contribution in [0.15, 0.2) is 35.4 Å². The first-order chi connectivity index (χ1) is 10.2. The van der Waals surface area contributed by atoms with E-state index in [1.807, 2.05) is 23.5 Å². The molecule has 21 heavy (non-hydrogen) atoms. The molecule has 1 N–H and O–H groups in total. The number of methoxy groups -OCH3 is 1. The quantitative estimate of drug-likeness (QED) is 0.797. The van der Waals surface area contributed by atoms with Gasteiger partial charge in [0.05, 0.1) is 25.0 Å². The summed E-state index contributed by atoms with van der Waals surface area (Å²) < 4.78 is 7.45. The molecule has 0 radical (unpaired) electrons. The minimum Gasteiger partial charge on any atom is -0.493 e. The van der Waals surface area contributed by atoms with Crippen molar-refractivity contribution >= 4 is 11.8 Å². The van der Waals surface area contributed by atoms with Crippen LogP contribution < -0.4 is 10.1 Å². The van der Waals surface area contributed by atoms with Gasteiger partial charge in [-0.3, -0.25) is 4.68 Å². The lowest BCUT2D eigenvalue weighted by Gasteiger charge is -2.18. The van der Waals surface area contributed by atoms with Crippen LogP contribution >= 0.6 is 11.8 Å². The maximum Gasteiger partial charge on any atom is 0.161 e. The second-order valence-corrected chi connectivity index (χ2v) is 5.98. The lowest BCUT2D eigenvalue weighted by atomic mass is 10.2. The van der Waals surface area contributed by atoms with Crippen molar-refractivity contribution in [2.75, 3.05) is 19.9 Å². The van der Waals surface area contributed by atoms with Crippen LogP contribution in [0.3, 0.4) is 0 Å². The molecule has 4 nitrogen and oxygen atoms in total. The summed E-state index contributed by atoms with van der Waals surface area (Å²) in [7, 11) is 3.68. The molecule has 1 aromatic carbocycles. The molecule has 0 aliphatic carbocycles. The van der Waals surface area contributed by atoms with E-state index in [4.69, 9.17) is 4.74 Å². The summed E-state index contributed by atoms with van der Waals surface area (Å²) in [5.74, 6) is 1.78. The molecule has 0 fully saturated rings. The summed E-state index contributed by atoms with van der Waals surface area (Å²) in [5, 5.41) is 7.76. The van der Waals surface area contributed by atoms with Gasteiger partial charge in [0, 0.05) is 17.2 Å². The van der Waals surface area contributed by atoms with Crippen LogP contribution in [0, 0.1) is 6.92 Å². The molecule has 1 unspecified atom stereocenters. The Morgan fingerprint density at radius 2 is 2.24 bits per heavy atom. The predicted molar refractivity (Wildman–Crippen MR) is 88.2 cm³/mol. The number of hydrogen-bond donors (Lipinski definition) is 1. The summed E-state index contributed by atoms with van der Waals surface area (Å²) in [6.45, 7) is 5.05. The average molecular weight is 305 g/mol. The van der Waals surface area contributed by atoms with E-state index in [0.717, 1.165) is 23.7 Å². The van der Waals surface area contributed by atoms with Crippen LogP contribution in [0.1, 0.15) is 24.2 Å². The molecule has 2 aromatic rings. The number of nitrogens with zero attached hydrogens (tertiary/aromatic N) is 2. The number of rotatable bonds is 7. The maximum absolute atomic E-state index is 5.45. The fraction of sp³-hybridized carbons (Fsp3) is 0.438. The van der Waals surface area contributed by atoms with Crippen LogP contribution in [-0.4, -0.2) is 29.7 Å². The van der Waals surface area contributed by atoms with Crippen molar-refractivity contribution in [2.24, 2.45) is 0 Å². The molecule has 1 aromatic heterocycles. The first kappa shape index (κ1) is 15.9. The molecule has 0 saturated heterocycles. The van der Waals surface area contributed by atoms with Crippen molar-refractivity contribution in [3.63, 3.8) is 0 Å². The van der Waals surface area contributed by atoms with Gasteiger partial charge in [-0.1, -0.05) is 17.7 Å². The zero-order valence-electron chi connectivity index (χ0n) is 13.1. The summed E-state index contributed by atoms with van der Waals surface area (Å²) >= 11 is 1.84. The van der Waals surface area contributed by atoms with Crippen LogP contribution in [0.5, 0.6) is 5.75 Å². The molecule has 114 valence electrons. The van der Waals surface area contributed by atoms with Crippen molar-refractivity contribution < 1.29 is 4.74 Å². The summed E-state index contributed by atoms with van der Waals surface area (Å²) in [6, 6.07) is 8.79. The molecule has 2 rings (SSSR count). The highest BCUT2D eigenvalue weighted by atomic mass is 32.2. The Kier molecular flexibility index (Phi) is 5.70. The number of benzene rings is 1. The molecule has 0 aliphatic heterocycles. The largest absolute Gasteiger partial charge is 0.493 e. The van der Waals surface area contributed by atoms with Crippen LogP contribution in [0.25, 0.3) is 0 Å². The van der Waals surface area contributed by atoms with Crippen LogP contribution in [0.2, 0.25) is 0 Å². The first-order valence-corrected chi connectivity index (χ1v) is 8.14. The van der Waals surface area contributed by atoms with E-state index in [0.29, 0.717) is 0 Å². The summed E-state index contributed by atoms with van der Waals surface area (Å²) in [4.78, 5) is 1.29. The van der Waals surface area contributed by atoms with E-state index < -0.39 is 0 Å². The van der Waals surface area contributed by atoms with Gasteiger partial charge in [0.2, 0.25) is 0 Å². The Morgan fingerprint density at radius 1 is 1.43 bits per heavy atom. The van der Waals surface area contributed by atoms with E-state index in [1.165, 1.54) is 10.5 Å². The second-order valence-electron chi connectivity index (χ2n) is 4.88. The van der Waals surface area contributed by atoms with Crippen molar-refractivity contribution in [3.05, 3.63) is 41.7 Å². The Labute approximate surface area is 130 Å². The Balaban J connectivity index is 2.15. The Morgan fingerprint density at radius 3 is 2.86 bits per heavy atom. The molecule has 0 spiro atoms. The summed E-state index contributed by atoms with van der Waals surface area (Å²) in [6.07, 6.45) is 1.79. The van der Waals surface area contributed by atoms with Gasteiger partial charge in [-0.05, 0) is 33.0 Å². The van der Waals surface area contributed by atoms with Crippen molar-refractivity contribution in [1.82, 2.24) is 15.1 Å². The molecule has 0 aliphatic rings. The zero-order chi connectivity index (χ0) is 15.2. The number of thioether (sulfide) groups is 1. The monoisotopic (exact) mass is 305 g/mol. The Bertz CT molecular complexity index is 561. The molecule has 1 heterocycles. The minimum atomic E-state index is 0.202. The average Bonchev–Trinajstić information content (AvgIpc) is 2.91. The van der Waals surface area contributed by atoms with Gasteiger partial charge in [0.25, 0.3) is 0 Å². The molecule has 0 bridgehead atoms. The van der Waals surface area contributed by atoms with Gasteiger partial charge in [0.1, 0.15) is 0 Å². The molecular formula is C16H23N3OS. The SMILES string of the molecule is CCn1ncc(OC)c1C(CSc1cccc(C)c1)NC. The number of hydrogen-bond acceptors (Lipinski definition) is 4. The van der Waals surface area contributed by atoms with E-state index >= 15 is 0 Å². The lowest BCUT2D eigenvalue weighted by molar-refractivity contribution is 0.399. The van der Waals surface area contributed by atoms with Gasteiger partial charge >= 0.3 is 0 Å². The molecule has 5 heteroatoms. The third-order valence-corrected chi connectivity index (χ3v) is 4.54. The third kappa shape index (κ3) is 3.80. The zero-order valence-corrected chi connectivity index (χ0v) is 13.9. The van der Waals surface area contributed by atoms with E-state index in [1.54, 1.807) is 13.3 Å². The van der Waals surface area contributed by atoms with Crippen LogP contribution in [-0.2, 0) is 6.54 Å². The highest BCUT2D eigenvalue weighted by Gasteiger charge is 2.20. The Hall–Kier alpha value is -1.46. The minimum absolute atomic E-state index is 0.202. The number of aryl methyl sites for hydroxylation is 2. The van der Waals surface area contributed by atoms with Gasteiger partial charge in [-0.15, -0.1) is 11.8 Å². The highest BCUT2D eigenvalue weighted by molar-refractivity contribution is 7.99. The number of nitrogens with one attached hydrogen (secondary N) is 1. The predicted octanol–water partition coefficient (Wildman–Crippen LogP) is 3.27. The number of ether oxygens (including phenoxy) is 1.